The van der Waals surface area contributed by atoms with Crippen LogP contribution in [0.25, 0.3) is 0 Å². The first kappa shape index (κ1) is 17.0. The predicted molar refractivity (Wildman–Crippen MR) is 97.3 cm³/mol. The number of aryl methyl sites for hydroxylation is 2. The maximum Gasteiger partial charge on any atom is 0.244 e. The molecule has 3 rings (SSSR count). The number of fused-ring (bicyclic) bond motifs is 1. The summed E-state index contributed by atoms with van der Waals surface area (Å²) in [4.78, 5) is 25.9. The first-order valence-electron chi connectivity index (χ1n) is 7.35. The van der Waals surface area contributed by atoms with Gasteiger partial charge in [0.1, 0.15) is 12.3 Å². The highest BCUT2D eigenvalue weighted by molar-refractivity contribution is 9.10. The third-order valence-corrected chi connectivity index (χ3v) is 5.22. The standard InChI is InChI=1S/C16H16BrN3O3S/c1-9-12(10(2)23-19-9)7-24-8-16(22)20-6-15(21)18-13-4-3-11(17)5-14(13)20/h3-5H,6-8H2,1-2H3,(H,18,21). The lowest BCUT2D eigenvalue weighted by atomic mass is 10.2. The molecule has 1 N–H and O–H groups in total. The fourth-order valence-electron chi connectivity index (χ4n) is 2.50. The van der Waals surface area contributed by atoms with E-state index in [4.69, 9.17) is 4.52 Å². The van der Waals surface area contributed by atoms with Crippen LogP contribution in [0.2, 0.25) is 0 Å². The molecule has 2 aromatic rings. The van der Waals surface area contributed by atoms with E-state index < -0.39 is 0 Å². The number of thioether (sulfide) groups is 1. The van der Waals surface area contributed by atoms with Crippen molar-refractivity contribution in [3.05, 3.63) is 39.7 Å². The molecular formula is C16H16BrN3O3S. The molecule has 0 unspecified atom stereocenters. The van der Waals surface area contributed by atoms with E-state index in [0.717, 1.165) is 21.5 Å². The van der Waals surface area contributed by atoms with Crippen LogP contribution in [0.1, 0.15) is 17.0 Å². The van der Waals surface area contributed by atoms with Gasteiger partial charge >= 0.3 is 0 Å². The lowest BCUT2D eigenvalue weighted by Gasteiger charge is -2.29. The van der Waals surface area contributed by atoms with Gasteiger partial charge in [0.2, 0.25) is 11.8 Å². The topological polar surface area (TPSA) is 75.4 Å². The summed E-state index contributed by atoms with van der Waals surface area (Å²) in [5.74, 6) is 1.43. The molecule has 0 spiro atoms. The van der Waals surface area contributed by atoms with Gasteiger partial charge < -0.3 is 14.7 Å². The third kappa shape index (κ3) is 3.49. The van der Waals surface area contributed by atoms with Gasteiger partial charge in [-0.05, 0) is 32.0 Å². The van der Waals surface area contributed by atoms with Crippen LogP contribution in [-0.2, 0) is 15.3 Å². The smallest absolute Gasteiger partial charge is 0.244 e. The van der Waals surface area contributed by atoms with Crippen LogP contribution in [-0.4, -0.2) is 29.3 Å². The molecule has 0 radical (unpaired) electrons. The van der Waals surface area contributed by atoms with Gasteiger partial charge in [-0.25, -0.2) is 0 Å². The Balaban J connectivity index is 1.69. The van der Waals surface area contributed by atoms with E-state index in [-0.39, 0.29) is 24.1 Å². The molecule has 2 amide bonds. The molecule has 6 nitrogen and oxygen atoms in total. The molecule has 1 aromatic carbocycles. The summed E-state index contributed by atoms with van der Waals surface area (Å²) in [6.07, 6.45) is 0. The minimum atomic E-state index is -0.186. The molecule has 1 aromatic heterocycles. The molecule has 1 aliphatic heterocycles. The number of carbonyl (C=O) groups excluding carboxylic acids is 2. The summed E-state index contributed by atoms with van der Waals surface area (Å²) in [5, 5.41) is 6.70. The number of halogens is 1. The van der Waals surface area contributed by atoms with Gasteiger partial charge in [0.15, 0.2) is 0 Å². The number of carbonyl (C=O) groups is 2. The summed E-state index contributed by atoms with van der Waals surface area (Å²) in [6, 6.07) is 5.46. The van der Waals surface area contributed by atoms with Crippen LogP contribution in [0.5, 0.6) is 0 Å². The molecule has 0 saturated heterocycles. The van der Waals surface area contributed by atoms with E-state index in [9.17, 15) is 9.59 Å². The number of benzene rings is 1. The Labute approximate surface area is 152 Å². The van der Waals surface area contributed by atoms with Gasteiger partial charge in [-0.2, -0.15) is 0 Å². The third-order valence-electron chi connectivity index (χ3n) is 3.78. The summed E-state index contributed by atoms with van der Waals surface area (Å²) in [5.41, 5.74) is 3.23. The zero-order valence-corrected chi connectivity index (χ0v) is 15.7. The number of amides is 2. The Morgan fingerprint density at radius 3 is 2.96 bits per heavy atom. The number of nitrogens with zero attached hydrogens (tertiary/aromatic N) is 2. The normalized spacial score (nSPS) is 13.6. The number of anilines is 2. The zero-order chi connectivity index (χ0) is 17.3. The molecule has 0 bridgehead atoms. The molecule has 0 aliphatic carbocycles. The van der Waals surface area contributed by atoms with Gasteiger partial charge in [0, 0.05) is 15.8 Å². The Kier molecular flexibility index (Phi) is 4.96. The molecule has 0 fully saturated rings. The van der Waals surface area contributed by atoms with Crippen molar-refractivity contribution in [2.75, 3.05) is 22.5 Å². The van der Waals surface area contributed by atoms with E-state index in [1.165, 1.54) is 16.7 Å². The lowest BCUT2D eigenvalue weighted by molar-refractivity contribution is -0.120. The van der Waals surface area contributed by atoms with Crippen molar-refractivity contribution in [3.8, 4) is 0 Å². The zero-order valence-electron chi connectivity index (χ0n) is 13.3. The Morgan fingerprint density at radius 1 is 1.46 bits per heavy atom. The van der Waals surface area contributed by atoms with Crippen molar-refractivity contribution in [2.24, 2.45) is 0 Å². The highest BCUT2D eigenvalue weighted by Crippen LogP contribution is 2.33. The van der Waals surface area contributed by atoms with Crippen molar-refractivity contribution in [3.63, 3.8) is 0 Å². The van der Waals surface area contributed by atoms with E-state index in [2.05, 4.69) is 26.4 Å². The Hall–Kier alpha value is -1.80. The molecule has 1 aliphatic rings. The first-order valence-corrected chi connectivity index (χ1v) is 9.29. The Bertz CT molecular complexity index is 786. The highest BCUT2D eigenvalue weighted by Gasteiger charge is 2.27. The number of aromatic nitrogens is 1. The fourth-order valence-corrected chi connectivity index (χ4v) is 3.90. The second-order valence-electron chi connectivity index (χ2n) is 5.49. The van der Waals surface area contributed by atoms with E-state index in [0.29, 0.717) is 17.1 Å². The van der Waals surface area contributed by atoms with Crippen molar-refractivity contribution in [1.29, 1.82) is 0 Å². The average Bonchev–Trinajstić information content (AvgIpc) is 2.86. The molecule has 8 heteroatoms. The van der Waals surface area contributed by atoms with Crippen LogP contribution >= 0.6 is 27.7 Å². The SMILES string of the molecule is Cc1noc(C)c1CSCC(=O)N1CC(=O)Nc2ccc(Br)cc21. The number of hydrogen-bond acceptors (Lipinski definition) is 5. The monoisotopic (exact) mass is 409 g/mol. The van der Waals surface area contributed by atoms with Crippen molar-refractivity contribution in [1.82, 2.24) is 5.16 Å². The van der Waals surface area contributed by atoms with Crippen LogP contribution in [0, 0.1) is 13.8 Å². The number of hydrogen-bond donors (Lipinski definition) is 1. The average molecular weight is 410 g/mol. The van der Waals surface area contributed by atoms with Crippen LogP contribution in [0.3, 0.4) is 0 Å². The van der Waals surface area contributed by atoms with E-state index in [1.54, 1.807) is 6.07 Å². The first-order chi connectivity index (χ1) is 11.5. The second-order valence-corrected chi connectivity index (χ2v) is 7.39. The van der Waals surface area contributed by atoms with E-state index in [1.807, 2.05) is 26.0 Å². The van der Waals surface area contributed by atoms with Crippen molar-refractivity contribution in [2.45, 2.75) is 19.6 Å². The fraction of sp³-hybridized carbons (Fsp3) is 0.312. The maximum atomic E-state index is 12.6. The van der Waals surface area contributed by atoms with Gasteiger partial charge in [-0.3, -0.25) is 9.59 Å². The van der Waals surface area contributed by atoms with Crippen LogP contribution in [0.15, 0.2) is 27.2 Å². The number of nitrogens with one attached hydrogen (secondary N) is 1. The highest BCUT2D eigenvalue weighted by atomic mass is 79.9. The lowest BCUT2D eigenvalue weighted by Crippen LogP contribution is -2.43. The quantitative estimate of drug-likeness (QED) is 0.838. The second kappa shape index (κ2) is 6.98. The molecule has 126 valence electrons. The number of rotatable bonds is 4. The van der Waals surface area contributed by atoms with Crippen LogP contribution in [0.4, 0.5) is 11.4 Å². The largest absolute Gasteiger partial charge is 0.361 e. The summed E-state index contributed by atoms with van der Waals surface area (Å²) in [6.45, 7) is 3.78. The van der Waals surface area contributed by atoms with Gasteiger partial charge in [-0.1, -0.05) is 21.1 Å². The molecule has 2 heterocycles. The molecule has 24 heavy (non-hydrogen) atoms. The van der Waals surface area contributed by atoms with E-state index >= 15 is 0 Å². The Morgan fingerprint density at radius 2 is 2.25 bits per heavy atom. The predicted octanol–water partition coefficient (Wildman–Crippen LogP) is 3.27. The molecule has 0 atom stereocenters. The molecular weight excluding hydrogens is 394 g/mol. The van der Waals surface area contributed by atoms with Crippen LogP contribution < -0.4 is 10.2 Å². The van der Waals surface area contributed by atoms with Gasteiger partial charge in [-0.15, -0.1) is 11.8 Å². The maximum absolute atomic E-state index is 12.6. The summed E-state index contributed by atoms with van der Waals surface area (Å²) in [7, 11) is 0. The van der Waals surface area contributed by atoms with Gasteiger partial charge in [0.25, 0.3) is 0 Å². The minimum absolute atomic E-state index is 0.0359. The summed E-state index contributed by atoms with van der Waals surface area (Å²) < 4.78 is 5.99. The minimum Gasteiger partial charge on any atom is -0.361 e. The van der Waals surface area contributed by atoms with Crippen molar-refractivity contribution >= 4 is 50.9 Å². The summed E-state index contributed by atoms with van der Waals surface area (Å²) >= 11 is 4.89. The van der Waals surface area contributed by atoms with Gasteiger partial charge in [0.05, 0.1) is 22.8 Å². The van der Waals surface area contributed by atoms with Crippen molar-refractivity contribution < 1.29 is 14.1 Å². The molecule has 0 saturated carbocycles.